The van der Waals surface area contributed by atoms with Crippen LogP contribution in [-0.4, -0.2) is 41.6 Å². The summed E-state index contributed by atoms with van der Waals surface area (Å²) >= 11 is 6.13. The standard InChI is InChI=1S/C20H16ClN7O3/c21-13-4-2-1-3-12(13)18(29)26-15-8-16(23-11-5-6-11)28-17(25-15)10(9-22-28)7-14-19(30)27-20(31)24-14/h1-4,7-9,11,30H,5-6H2,(H,26,29)(H2,24,27,31). The van der Waals surface area contributed by atoms with Gasteiger partial charge in [0.15, 0.2) is 11.1 Å². The monoisotopic (exact) mass is 437 g/mol. The number of nitrogens with zero attached hydrogens (tertiary/aromatic N) is 4. The Morgan fingerprint density at radius 2 is 2.13 bits per heavy atom. The summed E-state index contributed by atoms with van der Waals surface area (Å²) in [6, 6.07) is 8.57. The number of amides is 1. The lowest BCUT2D eigenvalue weighted by Gasteiger charge is -2.07. The number of aromatic hydroxyl groups is 1. The Morgan fingerprint density at radius 1 is 1.32 bits per heavy atom. The minimum absolute atomic E-state index is 0.188. The summed E-state index contributed by atoms with van der Waals surface area (Å²) < 4.78 is 1.55. The molecule has 10 nitrogen and oxygen atoms in total. The maximum atomic E-state index is 12.7. The van der Waals surface area contributed by atoms with Crippen LogP contribution in [0.4, 0.5) is 5.82 Å². The number of carbonyl (C=O) groups is 1. The van der Waals surface area contributed by atoms with Crippen molar-refractivity contribution in [3.05, 3.63) is 74.0 Å². The van der Waals surface area contributed by atoms with Crippen LogP contribution in [0.15, 0.2) is 46.3 Å². The first-order valence-corrected chi connectivity index (χ1v) is 9.87. The van der Waals surface area contributed by atoms with Crippen molar-refractivity contribution in [1.29, 1.82) is 0 Å². The second-order valence-corrected chi connectivity index (χ2v) is 7.52. The van der Waals surface area contributed by atoms with E-state index in [4.69, 9.17) is 11.6 Å². The van der Waals surface area contributed by atoms with E-state index in [0.29, 0.717) is 26.9 Å². The van der Waals surface area contributed by atoms with E-state index in [1.165, 1.54) is 6.08 Å². The summed E-state index contributed by atoms with van der Waals surface area (Å²) in [5, 5.41) is 17.8. The van der Waals surface area contributed by atoms with Crippen molar-refractivity contribution >= 4 is 35.0 Å². The van der Waals surface area contributed by atoms with Crippen molar-refractivity contribution in [3.8, 4) is 5.88 Å². The average Bonchev–Trinajstić information content (AvgIpc) is 3.37. The highest BCUT2D eigenvalue weighted by Gasteiger charge is 2.20. The summed E-state index contributed by atoms with van der Waals surface area (Å²) in [6.45, 7) is 0. The van der Waals surface area contributed by atoms with Crippen LogP contribution in [0.5, 0.6) is 5.88 Å². The first kappa shape index (κ1) is 19.1. The van der Waals surface area contributed by atoms with Gasteiger partial charge in [-0.1, -0.05) is 23.7 Å². The molecule has 4 aromatic rings. The molecule has 156 valence electrons. The molecule has 1 aliphatic rings. The Labute approximate surface area is 178 Å². The third kappa shape index (κ3) is 3.80. The fourth-order valence-corrected chi connectivity index (χ4v) is 3.31. The number of aromatic nitrogens is 5. The molecule has 0 radical (unpaired) electrons. The molecule has 0 saturated heterocycles. The van der Waals surface area contributed by atoms with Gasteiger partial charge in [-0.05, 0) is 31.1 Å². The van der Waals surface area contributed by atoms with E-state index < -0.39 is 11.6 Å². The van der Waals surface area contributed by atoms with E-state index in [0.717, 1.165) is 12.8 Å². The molecule has 5 rings (SSSR count). The van der Waals surface area contributed by atoms with Crippen LogP contribution in [-0.2, 0) is 0 Å². The Morgan fingerprint density at radius 3 is 2.84 bits per heavy atom. The number of aromatic amines is 2. The topological polar surface area (TPSA) is 141 Å². The zero-order valence-corrected chi connectivity index (χ0v) is 16.7. The van der Waals surface area contributed by atoms with Gasteiger partial charge in [0, 0.05) is 11.3 Å². The molecule has 1 aliphatic carbocycles. The number of imidazole rings is 1. The molecule has 31 heavy (non-hydrogen) atoms. The van der Waals surface area contributed by atoms with Crippen LogP contribution in [0.25, 0.3) is 11.7 Å². The zero-order valence-electron chi connectivity index (χ0n) is 16.0. The Balaban J connectivity index is 1.64. The van der Waals surface area contributed by atoms with Crippen LogP contribution >= 0.6 is 11.6 Å². The van der Waals surface area contributed by atoms with Crippen molar-refractivity contribution in [3.63, 3.8) is 0 Å². The minimum Gasteiger partial charge on any atom is -0.493 e. The lowest BCUT2D eigenvalue weighted by molar-refractivity contribution is 0.102. The highest BCUT2D eigenvalue weighted by atomic mass is 35.5. The molecule has 4 N–H and O–H groups in total. The lowest BCUT2D eigenvalue weighted by atomic mass is 10.2. The fraction of sp³-hybridized carbons (Fsp3) is 0.150. The fourth-order valence-electron chi connectivity index (χ4n) is 3.09. The van der Waals surface area contributed by atoms with E-state index in [2.05, 4.69) is 30.4 Å². The van der Waals surface area contributed by atoms with Gasteiger partial charge >= 0.3 is 5.69 Å². The molecule has 0 aliphatic heterocycles. The van der Waals surface area contributed by atoms with Gasteiger partial charge < -0.3 is 15.4 Å². The van der Waals surface area contributed by atoms with Crippen molar-refractivity contribution < 1.29 is 9.90 Å². The van der Waals surface area contributed by atoms with E-state index in [-0.39, 0.29) is 23.4 Å². The predicted molar refractivity (Wildman–Crippen MR) is 113 cm³/mol. The highest BCUT2D eigenvalue weighted by Crippen LogP contribution is 2.22. The summed E-state index contributed by atoms with van der Waals surface area (Å²) in [4.78, 5) is 38.0. The first-order chi connectivity index (χ1) is 15.0. The first-order valence-electron chi connectivity index (χ1n) is 9.49. The molecule has 3 heterocycles. The molecule has 1 aromatic carbocycles. The second-order valence-electron chi connectivity index (χ2n) is 7.11. The van der Waals surface area contributed by atoms with Crippen LogP contribution in [0.1, 0.15) is 28.9 Å². The molecular formula is C20H16ClN7O3. The largest absolute Gasteiger partial charge is 0.493 e. The third-order valence-corrected chi connectivity index (χ3v) is 5.07. The molecule has 0 bridgehead atoms. The molecule has 0 atom stereocenters. The summed E-state index contributed by atoms with van der Waals surface area (Å²) in [7, 11) is 0. The van der Waals surface area contributed by atoms with Gasteiger partial charge in [0.25, 0.3) is 5.91 Å². The molecule has 3 aromatic heterocycles. The van der Waals surface area contributed by atoms with Gasteiger partial charge in [0.2, 0.25) is 5.88 Å². The van der Waals surface area contributed by atoms with E-state index in [9.17, 15) is 14.7 Å². The molecule has 0 unspecified atom stereocenters. The van der Waals surface area contributed by atoms with Gasteiger partial charge in [-0.25, -0.2) is 9.78 Å². The number of benzene rings is 1. The second kappa shape index (κ2) is 7.40. The number of H-pyrrole nitrogens is 2. The van der Waals surface area contributed by atoms with E-state index >= 15 is 0 Å². The van der Waals surface area contributed by atoms with Crippen LogP contribution in [0.2, 0.25) is 5.02 Å². The number of anilines is 1. The number of rotatable bonds is 4. The number of carbonyl (C=O) groups excluding carboxylic acids is 1. The summed E-state index contributed by atoms with van der Waals surface area (Å²) in [5.41, 5.74) is 0.908. The molecule has 1 amide bonds. The van der Waals surface area contributed by atoms with Gasteiger partial charge in [-0.15, -0.1) is 0 Å². The number of fused-ring (bicyclic) bond motifs is 1. The van der Waals surface area contributed by atoms with Crippen molar-refractivity contribution in [2.45, 2.75) is 18.9 Å². The van der Waals surface area contributed by atoms with E-state index in [1.807, 2.05) is 0 Å². The smallest absolute Gasteiger partial charge is 0.326 e. The zero-order chi connectivity index (χ0) is 21.5. The number of nitrogens with one attached hydrogen (secondary N) is 3. The van der Waals surface area contributed by atoms with E-state index in [1.54, 1.807) is 41.0 Å². The van der Waals surface area contributed by atoms with Crippen LogP contribution in [0, 0.1) is 0 Å². The molecular weight excluding hydrogens is 422 g/mol. The van der Waals surface area contributed by atoms with Crippen molar-refractivity contribution in [1.82, 2.24) is 24.6 Å². The third-order valence-electron chi connectivity index (χ3n) is 4.74. The number of hydrogen-bond acceptors (Lipinski definition) is 6. The highest BCUT2D eigenvalue weighted by molar-refractivity contribution is 6.34. The lowest BCUT2D eigenvalue weighted by Crippen LogP contribution is -2.22. The van der Waals surface area contributed by atoms with Crippen molar-refractivity contribution in [2.24, 2.45) is 4.99 Å². The minimum atomic E-state index is -0.537. The van der Waals surface area contributed by atoms with Gasteiger partial charge in [-0.2, -0.15) is 9.61 Å². The van der Waals surface area contributed by atoms with Gasteiger partial charge in [-0.3, -0.25) is 14.8 Å². The summed E-state index contributed by atoms with van der Waals surface area (Å²) in [5.74, 6) is -0.424. The Hall–Kier alpha value is -3.92. The van der Waals surface area contributed by atoms with Crippen LogP contribution < -0.4 is 21.7 Å². The Bertz CT molecular complexity index is 1500. The average molecular weight is 438 g/mol. The normalized spacial score (nSPS) is 15.0. The molecule has 1 fully saturated rings. The summed E-state index contributed by atoms with van der Waals surface area (Å²) in [6.07, 6.45) is 5.05. The maximum absolute atomic E-state index is 12.7. The molecule has 11 heteroatoms. The maximum Gasteiger partial charge on any atom is 0.326 e. The van der Waals surface area contributed by atoms with Gasteiger partial charge in [0.1, 0.15) is 11.5 Å². The molecule has 1 saturated carbocycles. The van der Waals surface area contributed by atoms with Crippen molar-refractivity contribution in [2.75, 3.05) is 5.32 Å². The molecule has 0 spiro atoms. The van der Waals surface area contributed by atoms with Gasteiger partial charge in [0.05, 0.1) is 22.8 Å². The van der Waals surface area contributed by atoms with Crippen LogP contribution in [0.3, 0.4) is 0 Å². The predicted octanol–water partition coefficient (Wildman–Crippen LogP) is 0.968. The SMILES string of the molecule is O=C(Nc1cc(=NC2CC2)n2ncc(=Cc3[nH]c(=O)[nH]c3O)c2n1)c1ccccc1Cl. The Kier molecular flexibility index (Phi) is 4.55. The quantitative estimate of drug-likeness (QED) is 0.376. The number of hydrogen-bond donors (Lipinski definition) is 4. The number of halogens is 1.